The summed E-state index contributed by atoms with van der Waals surface area (Å²) >= 11 is 0. The molecule has 0 saturated carbocycles. The third-order valence-corrected chi connectivity index (χ3v) is 15.0. The summed E-state index contributed by atoms with van der Waals surface area (Å²) in [6, 6.07) is -0.813. The molecule has 0 aromatic rings. The number of amides is 1. The molecule has 0 aromatic heterocycles. The summed E-state index contributed by atoms with van der Waals surface area (Å²) in [5, 5.41) is 33.4. The highest BCUT2D eigenvalue weighted by atomic mass is 16.3. The Bertz CT molecular complexity index is 1030. The number of carbonyl (C=O) groups is 1. The molecule has 0 saturated heterocycles. The van der Waals surface area contributed by atoms with E-state index in [4.69, 9.17) is 0 Å². The number of aliphatic hydroxyl groups excluding tert-OH is 3. The molecule has 0 aliphatic heterocycles. The first-order chi connectivity index (χ1) is 34.1. The summed E-state index contributed by atoms with van der Waals surface area (Å²) < 4.78 is 0. The summed E-state index contributed by atoms with van der Waals surface area (Å²) in [5.41, 5.74) is 0. The van der Waals surface area contributed by atoms with Crippen LogP contribution in [0.25, 0.3) is 0 Å². The van der Waals surface area contributed by atoms with Gasteiger partial charge in [0, 0.05) is 0 Å². The smallest absolute Gasteiger partial charge is 0.249 e. The van der Waals surface area contributed by atoms with E-state index in [9.17, 15) is 20.1 Å². The van der Waals surface area contributed by atoms with Gasteiger partial charge in [-0.05, 0) is 32.1 Å². The summed E-state index contributed by atoms with van der Waals surface area (Å²) in [6.07, 6.45) is 77.2. The molecule has 4 N–H and O–H groups in total. The molecule has 3 atom stereocenters. The van der Waals surface area contributed by atoms with Crippen LogP contribution in [0, 0.1) is 0 Å². The van der Waals surface area contributed by atoms with Gasteiger partial charge in [-0.25, -0.2) is 0 Å². The first-order valence-corrected chi connectivity index (χ1v) is 31.7. The molecule has 5 nitrogen and oxygen atoms in total. The molecular weight excluding hydrogens is 847 g/mol. The topological polar surface area (TPSA) is 89.8 Å². The van der Waals surface area contributed by atoms with Gasteiger partial charge in [0.1, 0.15) is 6.10 Å². The first-order valence-electron chi connectivity index (χ1n) is 31.7. The maximum absolute atomic E-state index is 12.6. The SMILES string of the molecule is CCCCCCCCCCCCCCCCCCCCC/C=C/CC/C=C/C(O)C(CO)NC(=O)C(O)CCCCCCCCCCCCCCCCCCCCCCCCCCCCCCCC. The van der Waals surface area contributed by atoms with Crippen LogP contribution in [0.4, 0.5) is 0 Å². The third-order valence-electron chi connectivity index (χ3n) is 15.0. The van der Waals surface area contributed by atoms with Crippen LogP contribution < -0.4 is 5.32 Å². The molecule has 410 valence electrons. The Morgan fingerprint density at radius 3 is 0.884 bits per heavy atom. The average Bonchev–Trinajstić information content (AvgIpc) is 3.35. The summed E-state index contributed by atoms with van der Waals surface area (Å²) in [5.74, 6) is -0.505. The van der Waals surface area contributed by atoms with Crippen molar-refractivity contribution in [1.29, 1.82) is 0 Å². The zero-order chi connectivity index (χ0) is 50.0. The second kappa shape index (κ2) is 59.4. The number of carbonyl (C=O) groups excluding carboxylic acids is 1. The van der Waals surface area contributed by atoms with E-state index in [-0.39, 0.29) is 6.61 Å². The van der Waals surface area contributed by atoms with Crippen LogP contribution in [0.15, 0.2) is 24.3 Å². The number of nitrogens with one attached hydrogen (secondary N) is 1. The van der Waals surface area contributed by atoms with Gasteiger partial charge in [-0.3, -0.25) is 4.79 Å². The maximum atomic E-state index is 12.6. The van der Waals surface area contributed by atoms with Crippen molar-refractivity contribution in [3.05, 3.63) is 24.3 Å². The predicted octanol–water partition coefficient (Wildman–Crippen LogP) is 20.0. The molecule has 0 rings (SSSR count). The number of allylic oxidation sites excluding steroid dienone is 3. The Morgan fingerprint density at radius 2 is 0.594 bits per heavy atom. The van der Waals surface area contributed by atoms with E-state index in [2.05, 4.69) is 31.3 Å². The third kappa shape index (κ3) is 54.4. The van der Waals surface area contributed by atoms with Crippen molar-refractivity contribution in [1.82, 2.24) is 5.32 Å². The molecule has 5 heteroatoms. The summed E-state index contributed by atoms with van der Waals surface area (Å²) in [7, 11) is 0. The molecule has 0 aliphatic carbocycles. The molecule has 0 fully saturated rings. The summed E-state index contributed by atoms with van der Waals surface area (Å²) in [6.45, 7) is 4.22. The van der Waals surface area contributed by atoms with E-state index < -0.39 is 24.2 Å². The van der Waals surface area contributed by atoms with E-state index in [0.29, 0.717) is 6.42 Å². The van der Waals surface area contributed by atoms with Crippen LogP contribution in [-0.4, -0.2) is 46.1 Å². The minimum Gasteiger partial charge on any atom is -0.394 e. The van der Waals surface area contributed by atoms with Crippen LogP contribution in [0.1, 0.15) is 354 Å². The molecule has 69 heavy (non-hydrogen) atoms. The minimum atomic E-state index is -1.10. The van der Waals surface area contributed by atoms with Crippen LogP contribution in [-0.2, 0) is 4.79 Å². The van der Waals surface area contributed by atoms with Crippen molar-refractivity contribution >= 4 is 5.91 Å². The molecule has 0 radical (unpaired) electrons. The fourth-order valence-corrected chi connectivity index (χ4v) is 10.1. The zero-order valence-electron chi connectivity index (χ0n) is 47.0. The van der Waals surface area contributed by atoms with Gasteiger partial charge in [0.2, 0.25) is 5.91 Å². The van der Waals surface area contributed by atoms with Gasteiger partial charge >= 0.3 is 0 Å². The highest BCUT2D eigenvalue weighted by Gasteiger charge is 2.22. The lowest BCUT2D eigenvalue weighted by molar-refractivity contribution is -0.131. The lowest BCUT2D eigenvalue weighted by Crippen LogP contribution is -2.48. The fourth-order valence-electron chi connectivity index (χ4n) is 10.1. The number of aliphatic hydroxyl groups is 3. The van der Waals surface area contributed by atoms with Crippen molar-refractivity contribution in [3.63, 3.8) is 0 Å². The van der Waals surface area contributed by atoms with Crippen molar-refractivity contribution in [3.8, 4) is 0 Å². The monoisotopic (exact) mass is 972 g/mol. The van der Waals surface area contributed by atoms with E-state index in [1.807, 2.05) is 6.08 Å². The Labute approximate surface area is 432 Å². The second-order valence-corrected chi connectivity index (χ2v) is 22.0. The zero-order valence-corrected chi connectivity index (χ0v) is 47.0. The van der Waals surface area contributed by atoms with Gasteiger partial charge in [-0.15, -0.1) is 0 Å². The largest absolute Gasteiger partial charge is 0.394 e. The van der Waals surface area contributed by atoms with E-state index in [0.717, 1.165) is 38.5 Å². The number of rotatable bonds is 59. The minimum absolute atomic E-state index is 0.372. The highest BCUT2D eigenvalue weighted by Crippen LogP contribution is 2.19. The van der Waals surface area contributed by atoms with E-state index >= 15 is 0 Å². The van der Waals surface area contributed by atoms with Gasteiger partial charge in [0.05, 0.1) is 18.8 Å². The van der Waals surface area contributed by atoms with Crippen LogP contribution >= 0.6 is 0 Å². The molecule has 0 aromatic carbocycles. The number of hydrogen-bond acceptors (Lipinski definition) is 4. The van der Waals surface area contributed by atoms with Crippen LogP contribution in [0.2, 0.25) is 0 Å². The Morgan fingerprint density at radius 1 is 0.348 bits per heavy atom. The summed E-state index contributed by atoms with van der Waals surface area (Å²) in [4.78, 5) is 12.6. The van der Waals surface area contributed by atoms with Crippen molar-refractivity contribution in [2.45, 2.75) is 372 Å². The lowest BCUT2D eigenvalue weighted by Gasteiger charge is -2.21. The van der Waals surface area contributed by atoms with Gasteiger partial charge in [0.15, 0.2) is 0 Å². The first kappa shape index (κ1) is 67.8. The molecule has 0 heterocycles. The van der Waals surface area contributed by atoms with Crippen molar-refractivity contribution in [2.24, 2.45) is 0 Å². The number of unbranched alkanes of at least 4 members (excludes halogenated alkanes) is 49. The van der Waals surface area contributed by atoms with Crippen LogP contribution in [0.3, 0.4) is 0 Å². The number of hydrogen-bond donors (Lipinski definition) is 4. The van der Waals surface area contributed by atoms with E-state index in [1.165, 1.54) is 295 Å². The Kier molecular flexibility index (Phi) is 58.4. The van der Waals surface area contributed by atoms with E-state index in [1.54, 1.807) is 6.08 Å². The van der Waals surface area contributed by atoms with Crippen molar-refractivity contribution < 1.29 is 20.1 Å². The standard InChI is InChI=1S/C64H125NO4/c1-3-5-7-9-11-13-15-17-19-21-23-25-27-29-30-31-32-33-35-37-39-41-43-45-47-49-51-53-55-57-59-63(68)64(69)65-61(60-66)62(67)58-56-54-52-50-48-46-44-42-40-38-36-34-28-26-24-22-20-18-16-14-12-10-8-6-4-2/h48,50,56,58,61-63,66-68H,3-47,49,51-55,57,59-60H2,1-2H3,(H,65,69)/b50-48+,58-56+. The average molecular weight is 973 g/mol. The Hall–Kier alpha value is -1.17. The van der Waals surface area contributed by atoms with Crippen LogP contribution in [0.5, 0.6) is 0 Å². The highest BCUT2D eigenvalue weighted by molar-refractivity contribution is 5.80. The van der Waals surface area contributed by atoms with Gasteiger partial charge in [-0.2, -0.15) is 0 Å². The molecule has 1 amide bonds. The molecule has 0 spiro atoms. The fraction of sp³-hybridized carbons (Fsp3) is 0.922. The quantitative estimate of drug-likeness (QED) is 0.0361. The molecular formula is C64H125NO4. The molecule has 3 unspecified atom stereocenters. The molecule has 0 aliphatic rings. The van der Waals surface area contributed by atoms with Gasteiger partial charge < -0.3 is 20.6 Å². The van der Waals surface area contributed by atoms with Gasteiger partial charge in [0.25, 0.3) is 0 Å². The van der Waals surface area contributed by atoms with Gasteiger partial charge in [-0.1, -0.05) is 346 Å². The second-order valence-electron chi connectivity index (χ2n) is 22.0. The Balaban J connectivity index is 3.53. The maximum Gasteiger partial charge on any atom is 0.249 e. The lowest BCUT2D eigenvalue weighted by atomic mass is 10.0. The predicted molar refractivity (Wildman–Crippen MR) is 305 cm³/mol. The van der Waals surface area contributed by atoms with Crippen molar-refractivity contribution in [2.75, 3.05) is 6.61 Å². The molecule has 0 bridgehead atoms. The normalized spacial score (nSPS) is 13.3.